The van der Waals surface area contributed by atoms with Crippen LogP contribution in [-0.2, 0) is 6.54 Å². The Morgan fingerprint density at radius 1 is 0.829 bits per heavy atom. The molecule has 0 saturated carbocycles. The van der Waals surface area contributed by atoms with Gasteiger partial charge in [-0.05, 0) is 53.1 Å². The molecule has 1 aromatic heterocycles. The molecule has 5 aromatic rings. The third-order valence-corrected chi connectivity index (χ3v) is 7.24. The van der Waals surface area contributed by atoms with Crippen molar-refractivity contribution < 1.29 is 4.79 Å². The van der Waals surface area contributed by atoms with E-state index < -0.39 is 12.1 Å². The van der Waals surface area contributed by atoms with Crippen molar-refractivity contribution in [1.82, 2.24) is 20.2 Å². The zero-order valence-corrected chi connectivity index (χ0v) is 24.1. The maximum Gasteiger partial charge on any atom is 0.257 e. The predicted molar refractivity (Wildman–Crippen MR) is 166 cm³/mol. The second-order valence-electron chi connectivity index (χ2n) is 9.28. The van der Waals surface area contributed by atoms with E-state index in [9.17, 15) is 4.79 Å². The lowest BCUT2D eigenvalue weighted by atomic mass is 9.99. The molecular weight excluding hydrogens is 577 g/mol. The van der Waals surface area contributed by atoms with Crippen LogP contribution in [0, 0.1) is 0 Å². The van der Waals surface area contributed by atoms with Gasteiger partial charge in [0.1, 0.15) is 6.04 Å². The van der Waals surface area contributed by atoms with Gasteiger partial charge >= 0.3 is 0 Å². The molecule has 0 radical (unpaired) electrons. The van der Waals surface area contributed by atoms with E-state index >= 15 is 0 Å². The number of benzene rings is 4. The zero-order chi connectivity index (χ0) is 28.6. The van der Waals surface area contributed by atoms with Crippen molar-refractivity contribution in [3.8, 4) is 0 Å². The Bertz CT molecular complexity index is 1570. The van der Waals surface area contributed by atoms with Crippen molar-refractivity contribution in [1.29, 1.82) is 0 Å². The molecule has 0 bridgehead atoms. The van der Waals surface area contributed by atoms with Crippen LogP contribution in [0.2, 0.25) is 15.1 Å². The van der Waals surface area contributed by atoms with E-state index in [4.69, 9.17) is 39.8 Å². The minimum absolute atomic E-state index is 0.277. The molecule has 1 heterocycles. The fourth-order valence-corrected chi connectivity index (χ4v) is 5.07. The maximum absolute atomic E-state index is 13.4. The van der Waals surface area contributed by atoms with Gasteiger partial charge in [0.05, 0.1) is 12.4 Å². The Morgan fingerprint density at radius 3 is 2.05 bits per heavy atom. The molecule has 6 nitrogen and oxygen atoms in total. The fraction of sp³-hybridized carbons (Fsp3) is 0.0938. The number of nitrogens with one attached hydrogen (secondary N) is 2. The Hall–Kier alpha value is -4.10. The Kier molecular flexibility index (Phi) is 9.36. The van der Waals surface area contributed by atoms with Gasteiger partial charge in [-0.15, -0.1) is 0 Å². The summed E-state index contributed by atoms with van der Waals surface area (Å²) < 4.78 is 1.92. The zero-order valence-electron chi connectivity index (χ0n) is 21.8. The lowest BCUT2D eigenvalue weighted by Gasteiger charge is -2.25. The van der Waals surface area contributed by atoms with Gasteiger partial charge in [0.15, 0.2) is 5.96 Å². The Balaban J connectivity index is 1.58. The quantitative estimate of drug-likeness (QED) is 0.141. The molecule has 0 aliphatic carbocycles. The topological polar surface area (TPSA) is 71.3 Å². The molecule has 41 heavy (non-hydrogen) atoms. The average Bonchev–Trinajstić information content (AvgIpc) is 3.50. The molecule has 0 aliphatic rings. The first kappa shape index (κ1) is 28.4. The first-order valence-corrected chi connectivity index (χ1v) is 14.0. The molecule has 0 spiro atoms. The predicted octanol–water partition coefficient (Wildman–Crippen LogP) is 7.75. The van der Waals surface area contributed by atoms with Crippen molar-refractivity contribution in [3.63, 3.8) is 0 Å². The van der Waals surface area contributed by atoms with Crippen LogP contribution in [0.3, 0.4) is 0 Å². The van der Waals surface area contributed by atoms with E-state index in [0.717, 1.165) is 16.7 Å². The molecule has 5 rings (SSSR count). The van der Waals surface area contributed by atoms with Gasteiger partial charge in [0.2, 0.25) is 0 Å². The minimum Gasteiger partial charge on any atom is -0.347 e. The van der Waals surface area contributed by atoms with Gasteiger partial charge < -0.3 is 9.88 Å². The van der Waals surface area contributed by atoms with Crippen molar-refractivity contribution in [2.24, 2.45) is 4.99 Å². The number of hydrogen-bond acceptors (Lipinski definition) is 3. The highest BCUT2D eigenvalue weighted by molar-refractivity contribution is 6.35. The number of carbonyl (C=O) groups is 1. The molecule has 2 N–H and O–H groups in total. The van der Waals surface area contributed by atoms with Gasteiger partial charge in [-0.2, -0.15) is 0 Å². The lowest BCUT2D eigenvalue weighted by molar-refractivity contribution is 0.0975. The van der Waals surface area contributed by atoms with Crippen LogP contribution in [0.25, 0.3) is 0 Å². The van der Waals surface area contributed by atoms with Gasteiger partial charge in [-0.3, -0.25) is 10.1 Å². The molecule has 1 atom stereocenters. The van der Waals surface area contributed by atoms with Crippen molar-refractivity contribution in [3.05, 3.63) is 159 Å². The summed E-state index contributed by atoms with van der Waals surface area (Å²) in [5.74, 6) is -0.0600. The van der Waals surface area contributed by atoms with Crippen LogP contribution in [0.15, 0.2) is 127 Å². The van der Waals surface area contributed by atoms with Gasteiger partial charge in [-0.25, -0.2) is 9.98 Å². The fourth-order valence-electron chi connectivity index (χ4n) is 4.40. The summed E-state index contributed by atoms with van der Waals surface area (Å²) in [7, 11) is 0. The van der Waals surface area contributed by atoms with Crippen LogP contribution in [0.1, 0.15) is 39.1 Å². The van der Waals surface area contributed by atoms with Crippen LogP contribution in [0.4, 0.5) is 0 Å². The standard InChI is InChI=1S/C32H26Cl3N5O/c33-25-13-11-24(12-14-25)31(41)39-32(38-30(22-7-3-1-4-8-22)23-9-5-2-6-10-23)37-29(20-40-18-17-36-21-40)27-16-15-26(34)19-28(27)35/h1-19,21,29-30H,20H2,(H2,37,38,39,41). The van der Waals surface area contributed by atoms with E-state index in [2.05, 4.69) is 15.6 Å². The highest BCUT2D eigenvalue weighted by atomic mass is 35.5. The van der Waals surface area contributed by atoms with Crippen LogP contribution in [-0.4, -0.2) is 21.4 Å². The minimum atomic E-state index is -0.403. The molecule has 9 heteroatoms. The van der Waals surface area contributed by atoms with E-state index in [0.29, 0.717) is 27.2 Å². The van der Waals surface area contributed by atoms with E-state index in [1.54, 1.807) is 48.9 Å². The van der Waals surface area contributed by atoms with Crippen LogP contribution < -0.4 is 10.6 Å². The van der Waals surface area contributed by atoms with Crippen molar-refractivity contribution in [2.75, 3.05) is 0 Å². The highest BCUT2D eigenvalue weighted by Crippen LogP contribution is 2.29. The van der Waals surface area contributed by atoms with E-state index in [-0.39, 0.29) is 11.9 Å². The molecule has 1 amide bonds. The summed E-state index contributed by atoms with van der Waals surface area (Å²) >= 11 is 18.9. The number of carbonyl (C=O) groups excluding carboxylic acids is 1. The molecule has 0 fully saturated rings. The number of aliphatic imine (C=N–C) groups is 1. The summed E-state index contributed by atoms with van der Waals surface area (Å²) in [5, 5.41) is 8.02. The highest BCUT2D eigenvalue weighted by Gasteiger charge is 2.22. The number of rotatable bonds is 8. The third kappa shape index (κ3) is 7.55. The monoisotopic (exact) mass is 601 g/mol. The smallest absolute Gasteiger partial charge is 0.257 e. The Labute approximate surface area is 253 Å². The number of hydrogen-bond donors (Lipinski definition) is 2. The van der Waals surface area contributed by atoms with Gasteiger partial charge in [0, 0.05) is 39.6 Å². The summed E-state index contributed by atoms with van der Waals surface area (Å²) in [6.45, 7) is 0.457. The number of aromatic nitrogens is 2. The van der Waals surface area contributed by atoms with Gasteiger partial charge in [0.25, 0.3) is 5.91 Å². The number of imidazole rings is 1. The number of guanidine groups is 1. The molecule has 0 saturated heterocycles. The normalized spacial score (nSPS) is 12.2. The summed E-state index contributed by atoms with van der Waals surface area (Å²) in [6.07, 6.45) is 5.29. The summed E-state index contributed by atoms with van der Waals surface area (Å²) in [4.78, 5) is 22.7. The van der Waals surface area contributed by atoms with E-state index in [1.165, 1.54) is 0 Å². The largest absolute Gasteiger partial charge is 0.347 e. The molecular formula is C32H26Cl3N5O. The number of nitrogens with zero attached hydrogens (tertiary/aromatic N) is 3. The number of halogens is 3. The maximum atomic E-state index is 13.4. The second-order valence-corrected chi connectivity index (χ2v) is 10.6. The van der Waals surface area contributed by atoms with Crippen molar-refractivity contribution >= 4 is 46.7 Å². The van der Waals surface area contributed by atoms with Crippen LogP contribution >= 0.6 is 34.8 Å². The van der Waals surface area contributed by atoms with Crippen molar-refractivity contribution in [2.45, 2.75) is 18.6 Å². The Morgan fingerprint density at radius 2 is 1.46 bits per heavy atom. The van der Waals surface area contributed by atoms with Crippen LogP contribution in [0.5, 0.6) is 0 Å². The second kappa shape index (κ2) is 13.5. The van der Waals surface area contributed by atoms with E-state index in [1.807, 2.05) is 77.5 Å². The SMILES string of the molecule is O=C(NC(=NC(c1ccccc1)c1ccccc1)NC(Cn1ccnc1)c1ccc(Cl)cc1Cl)c1ccc(Cl)cc1. The molecule has 4 aromatic carbocycles. The molecule has 0 aliphatic heterocycles. The molecule has 1 unspecified atom stereocenters. The summed E-state index contributed by atoms with van der Waals surface area (Å²) in [5.41, 5.74) is 3.16. The average molecular weight is 603 g/mol. The first-order valence-electron chi connectivity index (χ1n) is 12.9. The third-order valence-electron chi connectivity index (χ3n) is 6.43. The molecule has 206 valence electrons. The number of amides is 1. The first-order chi connectivity index (χ1) is 20.0. The van der Waals surface area contributed by atoms with Gasteiger partial charge in [-0.1, -0.05) is 102 Å². The lowest BCUT2D eigenvalue weighted by Crippen LogP contribution is -2.44. The summed E-state index contributed by atoms with van der Waals surface area (Å²) in [6, 6.07) is 31.1.